The maximum absolute atomic E-state index is 5.26. The fraction of sp³-hybridized carbons (Fsp3) is 0. The lowest BCUT2D eigenvalue weighted by atomic mass is 10.0. The van der Waals surface area contributed by atoms with Gasteiger partial charge in [0.1, 0.15) is 0 Å². The number of para-hydroxylation sites is 2. The average Bonchev–Trinajstić information content (AvgIpc) is 3.82. The summed E-state index contributed by atoms with van der Waals surface area (Å²) in [5, 5.41) is 9.74. The molecule has 0 spiro atoms. The summed E-state index contributed by atoms with van der Waals surface area (Å²) in [4.78, 5) is 10.4. The monoisotopic (exact) mass is 738 g/mol. The second-order valence-electron chi connectivity index (χ2n) is 15.0. The van der Waals surface area contributed by atoms with Gasteiger partial charge in [-0.05, 0) is 76.1 Å². The van der Waals surface area contributed by atoms with E-state index in [4.69, 9.17) is 9.97 Å². The summed E-state index contributed by atoms with van der Waals surface area (Å²) in [5.74, 6) is 0.702. The predicted octanol–water partition coefficient (Wildman–Crippen LogP) is 14.0. The van der Waals surface area contributed by atoms with E-state index in [2.05, 4.69) is 209 Å². The Hall–Kier alpha value is -7.82. The molecule has 0 aliphatic carbocycles. The van der Waals surface area contributed by atoms with Gasteiger partial charge in [0.25, 0.3) is 0 Å². The minimum atomic E-state index is 0.702. The number of rotatable bonds is 5. The van der Waals surface area contributed by atoms with E-state index in [0.29, 0.717) is 5.82 Å². The normalized spacial score (nSPS) is 11.8. The molecular formula is C54H34N4. The average molecular weight is 739 g/mol. The predicted molar refractivity (Wildman–Crippen MR) is 242 cm³/mol. The molecule has 0 saturated heterocycles. The van der Waals surface area contributed by atoms with E-state index in [-0.39, 0.29) is 0 Å². The molecule has 0 radical (unpaired) electrons. The van der Waals surface area contributed by atoms with E-state index in [0.717, 1.165) is 55.9 Å². The molecule has 4 heteroatoms. The Labute approximate surface area is 334 Å². The summed E-state index contributed by atoms with van der Waals surface area (Å²) in [5.41, 5.74) is 11.8. The molecule has 0 aliphatic heterocycles. The van der Waals surface area contributed by atoms with E-state index in [9.17, 15) is 0 Å². The van der Waals surface area contributed by atoms with Crippen molar-refractivity contribution in [1.82, 2.24) is 19.1 Å². The van der Waals surface area contributed by atoms with E-state index in [1.165, 1.54) is 48.7 Å². The van der Waals surface area contributed by atoms with Crippen molar-refractivity contribution in [2.75, 3.05) is 0 Å². The Morgan fingerprint density at radius 1 is 0.310 bits per heavy atom. The third kappa shape index (κ3) is 5.09. The lowest BCUT2D eigenvalue weighted by Crippen LogP contribution is -1.98. The van der Waals surface area contributed by atoms with Gasteiger partial charge in [-0.25, -0.2) is 9.97 Å². The SMILES string of the molecule is c1ccc(-c2cc(-c3cccc(-n4c5ccccc5c5c4ccc4c6ccccc6n(-c6ccc7ccccc7c6)c45)c3)nc(-c3ccc4ccccc4c3)n2)cc1. The second kappa shape index (κ2) is 12.9. The first-order valence-electron chi connectivity index (χ1n) is 19.7. The van der Waals surface area contributed by atoms with Crippen LogP contribution in [0.1, 0.15) is 0 Å². The van der Waals surface area contributed by atoms with Gasteiger partial charge in [-0.2, -0.15) is 0 Å². The summed E-state index contributed by atoms with van der Waals surface area (Å²) < 4.78 is 4.88. The maximum Gasteiger partial charge on any atom is 0.160 e. The van der Waals surface area contributed by atoms with Crippen LogP contribution in [0.15, 0.2) is 206 Å². The summed E-state index contributed by atoms with van der Waals surface area (Å²) in [7, 11) is 0. The van der Waals surface area contributed by atoms with Crippen molar-refractivity contribution in [3.05, 3.63) is 206 Å². The molecule has 58 heavy (non-hydrogen) atoms. The molecule has 0 aliphatic rings. The zero-order valence-corrected chi connectivity index (χ0v) is 31.4. The number of nitrogens with zero attached hydrogens (tertiary/aromatic N) is 4. The second-order valence-corrected chi connectivity index (χ2v) is 15.0. The third-order valence-corrected chi connectivity index (χ3v) is 11.7. The molecule has 3 heterocycles. The topological polar surface area (TPSA) is 35.6 Å². The largest absolute Gasteiger partial charge is 0.309 e. The molecule has 12 aromatic rings. The van der Waals surface area contributed by atoms with Crippen molar-refractivity contribution in [2.45, 2.75) is 0 Å². The van der Waals surface area contributed by atoms with Crippen molar-refractivity contribution in [1.29, 1.82) is 0 Å². The van der Waals surface area contributed by atoms with Gasteiger partial charge < -0.3 is 9.13 Å². The zero-order valence-electron chi connectivity index (χ0n) is 31.4. The Morgan fingerprint density at radius 2 is 0.914 bits per heavy atom. The first-order chi connectivity index (χ1) is 28.7. The minimum absolute atomic E-state index is 0.702. The van der Waals surface area contributed by atoms with Crippen molar-refractivity contribution in [3.8, 4) is 45.3 Å². The van der Waals surface area contributed by atoms with Gasteiger partial charge in [-0.15, -0.1) is 0 Å². The van der Waals surface area contributed by atoms with Crippen molar-refractivity contribution in [3.63, 3.8) is 0 Å². The first kappa shape index (κ1) is 32.4. The van der Waals surface area contributed by atoms with Crippen LogP contribution in [0, 0.1) is 0 Å². The molecule has 0 N–H and O–H groups in total. The van der Waals surface area contributed by atoms with E-state index < -0.39 is 0 Å². The Kier molecular flexibility index (Phi) is 7.20. The van der Waals surface area contributed by atoms with Gasteiger partial charge in [0.05, 0.1) is 33.5 Å². The summed E-state index contributed by atoms with van der Waals surface area (Å²) in [6.45, 7) is 0. The van der Waals surface area contributed by atoms with E-state index >= 15 is 0 Å². The van der Waals surface area contributed by atoms with Gasteiger partial charge in [0, 0.05) is 49.6 Å². The van der Waals surface area contributed by atoms with Crippen LogP contribution in [0.5, 0.6) is 0 Å². The smallest absolute Gasteiger partial charge is 0.160 e. The molecule has 270 valence electrons. The van der Waals surface area contributed by atoms with Gasteiger partial charge in [0.15, 0.2) is 5.82 Å². The Morgan fingerprint density at radius 3 is 1.71 bits per heavy atom. The highest BCUT2D eigenvalue weighted by Crippen LogP contribution is 2.42. The van der Waals surface area contributed by atoms with E-state index in [1.54, 1.807) is 0 Å². The lowest BCUT2D eigenvalue weighted by molar-refractivity contribution is 1.16. The molecule has 0 atom stereocenters. The molecule has 3 aromatic heterocycles. The highest BCUT2D eigenvalue weighted by molar-refractivity contribution is 6.26. The zero-order chi connectivity index (χ0) is 38.2. The number of hydrogen-bond donors (Lipinski definition) is 0. The Bertz CT molecular complexity index is 3570. The summed E-state index contributed by atoms with van der Waals surface area (Å²) in [6, 6.07) is 73.8. The van der Waals surface area contributed by atoms with Crippen molar-refractivity contribution >= 4 is 65.2 Å². The molecule has 4 nitrogen and oxygen atoms in total. The number of hydrogen-bond acceptors (Lipinski definition) is 2. The van der Waals surface area contributed by atoms with Gasteiger partial charge in [0.2, 0.25) is 0 Å². The molecule has 0 saturated carbocycles. The van der Waals surface area contributed by atoms with Gasteiger partial charge in [-0.3, -0.25) is 0 Å². The molecule has 0 fully saturated rings. The molecule has 12 rings (SSSR count). The lowest BCUT2D eigenvalue weighted by Gasteiger charge is -2.13. The Balaban J connectivity index is 1.09. The maximum atomic E-state index is 5.26. The summed E-state index contributed by atoms with van der Waals surface area (Å²) >= 11 is 0. The van der Waals surface area contributed by atoms with Crippen molar-refractivity contribution in [2.24, 2.45) is 0 Å². The summed E-state index contributed by atoms with van der Waals surface area (Å²) in [6.07, 6.45) is 0. The van der Waals surface area contributed by atoms with Crippen LogP contribution in [-0.4, -0.2) is 19.1 Å². The van der Waals surface area contributed by atoms with Crippen LogP contribution in [0.4, 0.5) is 0 Å². The van der Waals surface area contributed by atoms with Crippen LogP contribution in [0.3, 0.4) is 0 Å². The number of fused-ring (bicyclic) bond motifs is 9. The third-order valence-electron chi connectivity index (χ3n) is 11.7. The standard InChI is InChI=1S/C54H34N4/c1-2-15-37(16-3-1)47-34-48(56-54(55-47)41-26-25-35-13-4-6-17-38(35)31-41)40-19-12-20-42(33-40)57-50-24-11-9-22-46(50)52-51(57)30-29-45-44-21-8-10-23-49(44)58(53(45)52)43-28-27-36-14-5-7-18-39(36)32-43/h1-34H. The molecule has 0 amide bonds. The molecule has 0 bridgehead atoms. The van der Waals surface area contributed by atoms with Gasteiger partial charge in [-0.1, -0.05) is 152 Å². The number of benzene rings is 9. The molecular weight excluding hydrogens is 705 g/mol. The van der Waals surface area contributed by atoms with Crippen LogP contribution < -0.4 is 0 Å². The fourth-order valence-electron chi connectivity index (χ4n) is 8.98. The fourth-order valence-corrected chi connectivity index (χ4v) is 8.98. The molecule has 0 unspecified atom stereocenters. The highest BCUT2D eigenvalue weighted by atomic mass is 15.0. The molecule has 9 aromatic carbocycles. The van der Waals surface area contributed by atoms with Gasteiger partial charge >= 0.3 is 0 Å². The van der Waals surface area contributed by atoms with Crippen molar-refractivity contribution < 1.29 is 0 Å². The minimum Gasteiger partial charge on any atom is -0.309 e. The van der Waals surface area contributed by atoms with Crippen LogP contribution in [-0.2, 0) is 0 Å². The highest BCUT2D eigenvalue weighted by Gasteiger charge is 2.21. The van der Waals surface area contributed by atoms with Crippen LogP contribution in [0.25, 0.3) is 110 Å². The first-order valence-corrected chi connectivity index (χ1v) is 19.7. The number of aromatic nitrogens is 4. The van der Waals surface area contributed by atoms with E-state index in [1.807, 2.05) is 6.07 Å². The van der Waals surface area contributed by atoms with Crippen LogP contribution in [0.2, 0.25) is 0 Å². The van der Waals surface area contributed by atoms with Crippen LogP contribution >= 0.6 is 0 Å². The quantitative estimate of drug-likeness (QED) is 0.176.